The summed E-state index contributed by atoms with van der Waals surface area (Å²) >= 11 is 6.01. The first-order chi connectivity index (χ1) is 11.0. The molecule has 23 heavy (non-hydrogen) atoms. The van der Waals surface area contributed by atoms with Crippen molar-refractivity contribution in [1.29, 1.82) is 0 Å². The van der Waals surface area contributed by atoms with Crippen molar-refractivity contribution in [3.05, 3.63) is 64.9 Å². The highest BCUT2D eigenvalue weighted by Crippen LogP contribution is 2.24. The Labute approximate surface area is 140 Å². The third-order valence-electron chi connectivity index (χ3n) is 3.53. The van der Waals surface area contributed by atoms with Crippen LogP contribution in [0.4, 0.5) is 4.39 Å². The molecule has 1 N–H and O–H groups in total. The van der Waals surface area contributed by atoms with Gasteiger partial charge in [0.25, 0.3) is 5.91 Å². The molecule has 2 unspecified atom stereocenters. The summed E-state index contributed by atoms with van der Waals surface area (Å²) in [6, 6.07) is 13.3. The summed E-state index contributed by atoms with van der Waals surface area (Å²) in [5.74, 6) is 0.0566. The van der Waals surface area contributed by atoms with Gasteiger partial charge in [-0.3, -0.25) is 4.79 Å². The summed E-state index contributed by atoms with van der Waals surface area (Å²) in [7, 11) is 0. The van der Waals surface area contributed by atoms with Crippen molar-refractivity contribution in [3.63, 3.8) is 0 Å². The molecule has 5 heteroatoms. The van der Waals surface area contributed by atoms with E-state index < -0.39 is 6.10 Å². The molecule has 0 aromatic heterocycles. The largest absolute Gasteiger partial charge is 0.479 e. The van der Waals surface area contributed by atoms with Gasteiger partial charge >= 0.3 is 0 Å². The Balaban J connectivity index is 1.86. The number of carbonyl (C=O) groups excluding carboxylic acids is 1. The molecule has 0 saturated heterocycles. The number of hydrogen-bond donors (Lipinski definition) is 1. The fourth-order valence-corrected chi connectivity index (χ4v) is 2.27. The summed E-state index contributed by atoms with van der Waals surface area (Å²) in [5, 5.41) is 3.30. The molecular formula is C18H19ClFNO2. The van der Waals surface area contributed by atoms with E-state index in [9.17, 15) is 9.18 Å². The molecular weight excluding hydrogens is 317 g/mol. The third-order valence-corrected chi connectivity index (χ3v) is 3.84. The van der Waals surface area contributed by atoms with E-state index in [0.29, 0.717) is 17.3 Å². The third kappa shape index (κ3) is 4.96. The molecule has 0 fully saturated rings. The van der Waals surface area contributed by atoms with E-state index >= 15 is 0 Å². The van der Waals surface area contributed by atoms with Gasteiger partial charge in [0.1, 0.15) is 11.6 Å². The minimum atomic E-state index is -0.657. The number of halogens is 2. The molecule has 0 aliphatic rings. The van der Waals surface area contributed by atoms with E-state index in [1.54, 1.807) is 43.3 Å². The molecule has 0 saturated carbocycles. The van der Waals surface area contributed by atoms with Gasteiger partial charge < -0.3 is 10.1 Å². The standard InChI is InChI=1S/C18H19ClFNO2/c1-12(14-7-9-15(20)10-8-14)11-21-18(22)13(2)23-17-6-4-3-5-16(17)19/h3-10,12-13H,11H2,1-2H3,(H,21,22). The van der Waals surface area contributed by atoms with Crippen LogP contribution in [0.1, 0.15) is 25.3 Å². The Morgan fingerprint density at radius 1 is 1.17 bits per heavy atom. The van der Waals surface area contributed by atoms with E-state index in [2.05, 4.69) is 5.32 Å². The number of benzene rings is 2. The predicted molar refractivity (Wildman–Crippen MR) is 89.4 cm³/mol. The first kappa shape index (κ1) is 17.3. The summed E-state index contributed by atoms with van der Waals surface area (Å²) < 4.78 is 18.5. The van der Waals surface area contributed by atoms with Crippen LogP contribution in [0.3, 0.4) is 0 Å². The molecule has 2 rings (SSSR count). The maximum Gasteiger partial charge on any atom is 0.260 e. The van der Waals surface area contributed by atoms with E-state index in [1.165, 1.54) is 12.1 Å². The van der Waals surface area contributed by atoms with Crippen molar-refractivity contribution in [2.24, 2.45) is 0 Å². The second-order valence-corrected chi connectivity index (χ2v) is 5.80. The van der Waals surface area contributed by atoms with Crippen LogP contribution in [0, 0.1) is 5.82 Å². The average Bonchev–Trinajstić information content (AvgIpc) is 2.55. The lowest BCUT2D eigenvalue weighted by Gasteiger charge is -2.18. The monoisotopic (exact) mass is 335 g/mol. The Kier molecular flexibility index (Phi) is 5.99. The van der Waals surface area contributed by atoms with Crippen LogP contribution in [0.15, 0.2) is 48.5 Å². The van der Waals surface area contributed by atoms with E-state index in [1.807, 2.05) is 6.92 Å². The van der Waals surface area contributed by atoms with Crippen molar-refractivity contribution in [3.8, 4) is 5.75 Å². The summed E-state index contributed by atoms with van der Waals surface area (Å²) in [5.41, 5.74) is 0.964. The van der Waals surface area contributed by atoms with E-state index in [4.69, 9.17) is 16.3 Å². The van der Waals surface area contributed by atoms with Gasteiger partial charge in [-0.25, -0.2) is 4.39 Å². The van der Waals surface area contributed by atoms with Crippen molar-refractivity contribution in [1.82, 2.24) is 5.32 Å². The minimum absolute atomic E-state index is 0.0760. The number of rotatable bonds is 6. The van der Waals surface area contributed by atoms with Gasteiger partial charge in [0.2, 0.25) is 0 Å². The number of nitrogens with one attached hydrogen (secondary N) is 1. The topological polar surface area (TPSA) is 38.3 Å². The average molecular weight is 336 g/mol. The van der Waals surface area contributed by atoms with Gasteiger partial charge in [0, 0.05) is 6.54 Å². The number of ether oxygens (including phenoxy) is 1. The lowest BCUT2D eigenvalue weighted by atomic mass is 10.0. The first-order valence-electron chi connectivity index (χ1n) is 7.41. The van der Waals surface area contributed by atoms with Gasteiger partial charge in [-0.05, 0) is 42.7 Å². The predicted octanol–water partition coefficient (Wildman–Crippen LogP) is 4.17. The molecule has 2 aromatic rings. The fourth-order valence-electron chi connectivity index (χ4n) is 2.09. The molecule has 0 radical (unpaired) electrons. The second kappa shape index (κ2) is 7.97. The Morgan fingerprint density at radius 2 is 1.83 bits per heavy atom. The highest BCUT2D eigenvalue weighted by atomic mass is 35.5. The van der Waals surface area contributed by atoms with Crippen LogP contribution >= 0.6 is 11.6 Å². The van der Waals surface area contributed by atoms with Crippen molar-refractivity contribution in [2.45, 2.75) is 25.9 Å². The normalized spacial score (nSPS) is 13.2. The van der Waals surface area contributed by atoms with Crippen molar-refractivity contribution in [2.75, 3.05) is 6.54 Å². The highest BCUT2D eigenvalue weighted by molar-refractivity contribution is 6.32. The van der Waals surface area contributed by atoms with Crippen LogP contribution in [0.5, 0.6) is 5.75 Å². The molecule has 2 aromatic carbocycles. The van der Waals surface area contributed by atoms with Crippen molar-refractivity contribution >= 4 is 17.5 Å². The SMILES string of the molecule is CC(Oc1ccccc1Cl)C(=O)NCC(C)c1ccc(F)cc1. The molecule has 3 nitrogen and oxygen atoms in total. The molecule has 0 bridgehead atoms. The molecule has 1 amide bonds. The van der Waals surface area contributed by atoms with Crippen LogP contribution in [-0.2, 0) is 4.79 Å². The Bertz CT molecular complexity index is 660. The maximum absolute atomic E-state index is 12.9. The van der Waals surface area contributed by atoms with Gasteiger partial charge in [0.05, 0.1) is 5.02 Å². The lowest BCUT2D eigenvalue weighted by molar-refractivity contribution is -0.127. The smallest absolute Gasteiger partial charge is 0.260 e. The van der Waals surface area contributed by atoms with Crippen LogP contribution in [0.25, 0.3) is 0 Å². The first-order valence-corrected chi connectivity index (χ1v) is 7.79. The second-order valence-electron chi connectivity index (χ2n) is 5.39. The number of hydrogen-bond acceptors (Lipinski definition) is 2. The zero-order valence-electron chi connectivity index (χ0n) is 13.1. The van der Waals surface area contributed by atoms with Crippen LogP contribution in [-0.4, -0.2) is 18.6 Å². The summed E-state index contributed by atoms with van der Waals surface area (Å²) in [6.07, 6.45) is -0.657. The number of para-hydroxylation sites is 1. The molecule has 0 aliphatic heterocycles. The number of amides is 1. The van der Waals surface area contributed by atoms with Crippen molar-refractivity contribution < 1.29 is 13.9 Å². The Hall–Kier alpha value is -2.07. The van der Waals surface area contributed by atoms with E-state index in [0.717, 1.165) is 5.56 Å². The molecule has 0 spiro atoms. The molecule has 0 aliphatic carbocycles. The Morgan fingerprint density at radius 3 is 2.48 bits per heavy atom. The zero-order chi connectivity index (χ0) is 16.8. The summed E-state index contributed by atoms with van der Waals surface area (Å²) in [4.78, 5) is 12.1. The lowest BCUT2D eigenvalue weighted by Crippen LogP contribution is -2.38. The van der Waals surface area contributed by atoms with Crippen LogP contribution < -0.4 is 10.1 Å². The molecule has 0 heterocycles. The van der Waals surface area contributed by atoms with Gasteiger partial charge in [-0.15, -0.1) is 0 Å². The summed E-state index contributed by atoms with van der Waals surface area (Å²) in [6.45, 7) is 4.08. The highest BCUT2D eigenvalue weighted by Gasteiger charge is 2.17. The molecule has 122 valence electrons. The van der Waals surface area contributed by atoms with Gasteiger partial charge in [0.15, 0.2) is 6.10 Å². The maximum atomic E-state index is 12.9. The van der Waals surface area contributed by atoms with Gasteiger partial charge in [-0.2, -0.15) is 0 Å². The quantitative estimate of drug-likeness (QED) is 0.860. The fraction of sp³-hybridized carbons (Fsp3) is 0.278. The van der Waals surface area contributed by atoms with Crippen LogP contribution in [0.2, 0.25) is 5.02 Å². The van der Waals surface area contributed by atoms with Gasteiger partial charge in [-0.1, -0.05) is 42.8 Å². The zero-order valence-corrected chi connectivity index (χ0v) is 13.8. The minimum Gasteiger partial charge on any atom is -0.479 e. The molecule has 2 atom stereocenters. The van der Waals surface area contributed by atoms with E-state index in [-0.39, 0.29) is 17.6 Å². The number of carbonyl (C=O) groups is 1.